The Bertz CT molecular complexity index is 522. The fourth-order valence-electron chi connectivity index (χ4n) is 2.09. The van der Waals surface area contributed by atoms with E-state index in [4.69, 9.17) is 0 Å². The first-order valence-electron chi connectivity index (χ1n) is 6.69. The standard InChI is InChI=1S/C16H20BrN3/c1-18-9-14-5-8-16(19-10-14)12-20(2)11-13-3-6-15(17)7-4-13/h3-8,10,18H,9,11-12H2,1-2H3. The van der Waals surface area contributed by atoms with E-state index in [1.54, 1.807) is 0 Å². The minimum atomic E-state index is 0.857. The molecule has 0 spiro atoms. The zero-order chi connectivity index (χ0) is 14.4. The van der Waals surface area contributed by atoms with Gasteiger partial charge in [0.05, 0.1) is 5.69 Å². The highest BCUT2D eigenvalue weighted by atomic mass is 79.9. The summed E-state index contributed by atoms with van der Waals surface area (Å²) in [5, 5.41) is 3.13. The van der Waals surface area contributed by atoms with Crippen molar-refractivity contribution < 1.29 is 0 Å². The first kappa shape index (κ1) is 15.2. The van der Waals surface area contributed by atoms with Crippen LogP contribution in [0.1, 0.15) is 16.8 Å². The van der Waals surface area contributed by atoms with Gasteiger partial charge in [0, 0.05) is 30.3 Å². The number of pyridine rings is 1. The molecule has 1 aromatic heterocycles. The predicted molar refractivity (Wildman–Crippen MR) is 86.3 cm³/mol. The predicted octanol–water partition coefficient (Wildman–Crippen LogP) is 3.20. The van der Waals surface area contributed by atoms with E-state index in [0.29, 0.717) is 0 Å². The fraction of sp³-hybridized carbons (Fsp3) is 0.312. The van der Waals surface area contributed by atoms with Crippen LogP contribution in [0.25, 0.3) is 0 Å². The van der Waals surface area contributed by atoms with E-state index in [2.05, 4.69) is 74.6 Å². The van der Waals surface area contributed by atoms with E-state index >= 15 is 0 Å². The summed E-state index contributed by atoms with van der Waals surface area (Å²) in [6.45, 7) is 2.64. The van der Waals surface area contributed by atoms with Gasteiger partial charge in [-0.1, -0.05) is 34.1 Å². The highest BCUT2D eigenvalue weighted by molar-refractivity contribution is 9.10. The summed E-state index contributed by atoms with van der Waals surface area (Å²) in [6.07, 6.45) is 1.94. The van der Waals surface area contributed by atoms with Gasteiger partial charge in [-0.3, -0.25) is 9.88 Å². The molecule has 106 valence electrons. The average Bonchev–Trinajstić information content (AvgIpc) is 2.44. The molecule has 3 nitrogen and oxygen atoms in total. The third kappa shape index (κ3) is 4.71. The number of halogens is 1. The van der Waals surface area contributed by atoms with Crippen molar-refractivity contribution in [3.05, 3.63) is 63.9 Å². The van der Waals surface area contributed by atoms with Crippen LogP contribution in [0.5, 0.6) is 0 Å². The van der Waals surface area contributed by atoms with Crippen LogP contribution in [-0.2, 0) is 19.6 Å². The van der Waals surface area contributed by atoms with Crippen molar-refractivity contribution in [3.8, 4) is 0 Å². The quantitative estimate of drug-likeness (QED) is 0.879. The minimum absolute atomic E-state index is 0.857. The molecular formula is C16H20BrN3. The third-order valence-electron chi connectivity index (χ3n) is 3.06. The number of nitrogens with one attached hydrogen (secondary N) is 1. The van der Waals surface area contributed by atoms with Crippen LogP contribution < -0.4 is 5.32 Å². The van der Waals surface area contributed by atoms with Crippen LogP contribution >= 0.6 is 15.9 Å². The van der Waals surface area contributed by atoms with Crippen LogP contribution in [0.4, 0.5) is 0 Å². The van der Waals surface area contributed by atoms with Gasteiger partial charge < -0.3 is 5.32 Å². The summed E-state index contributed by atoms with van der Waals surface area (Å²) in [7, 11) is 4.06. The Kier molecular flexibility index (Phi) is 5.71. The Labute approximate surface area is 129 Å². The lowest BCUT2D eigenvalue weighted by Gasteiger charge is -2.16. The lowest BCUT2D eigenvalue weighted by molar-refractivity contribution is 0.315. The molecule has 20 heavy (non-hydrogen) atoms. The van der Waals surface area contributed by atoms with Crippen molar-refractivity contribution in [3.63, 3.8) is 0 Å². The van der Waals surface area contributed by atoms with E-state index in [1.807, 2.05) is 13.2 Å². The molecule has 0 aliphatic heterocycles. The Balaban J connectivity index is 1.90. The van der Waals surface area contributed by atoms with Gasteiger partial charge in [-0.05, 0) is 43.4 Å². The summed E-state index contributed by atoms with van der Waals surface area (Å²) in [6, 6.07) is 12.7. The Morgan fingerprint density at radius 1 is 1.05 bits per heavy atom. The topological polar surface area (TPSA) is 28.2 Å². The van der Waals surface area contributed by atoms with Crippen LogP contribution in [0.2, 0.25) is 0 Å². The molecule has 0 unspecified atom stereocenters. The molecule has 0 aliphatic carbocycles. The number of hydrogen-bond donors (Lipinski definition) is 1. The molecule has 0 fully saturated rings. The molecule has 2 rings (SSSR count). The molecule has 0 radical (unpaired) electrons. The first-order chi connectivity index (χ1) is 9.67. The normalized spacial score (nSPS) is 11.0. The third-order valence-corrected chi connectivity index (χ3v) is 3.59. The lowest BCUT2D eigenvalue weighted by atomic mass is 10.2. The molecule has 0 saturated carbocycles. The minimum Gasteiger partial charge on any atom is -0.316 e. The molecule has 0 bridgehead atoms. The summed E-state index contributed by atoms with van der Waals surface area (Å²) >= 11 is 3.46. The molecule has 0 atom stereocenters. The second kappa shape index (κ2) is 7.53. The van der Waals surface area contributed by atoms with Crippen molar-refractivity contribution in [2.24, 2.45) is 0 Å². The number of benzene rings is 1. The van der Waals surface area contributed by atoms with E-state index in [0.717, 1.165) is 29.8 Å². The lowest BCUT2D eigenvalue weighted by Crippen LogP contribution is -2.18. The zero-order valence-electron chi connectivity index (χ0n) is 11.9. The highest BCUT2D eigenvalue weighted by Crippen LogP contribution is 2.12. The number of rotatable bonds is 6. The molecule has 4 heteroatoms. The molecule has 1 aromatic carbocycles. The fourth-order valence-corrected chi connectivity index (χ4v) is 2.36. The Hall–Kier alpha value is -1.23. The van der Waals surface area contributed by atoms with Crippen molar-refractivity contribution in [2.45, 2.75) is 19.6 Å². The maximum absolute atomic E-state index is 4.50. The van der Waals surface area contributed by atoms with Gasteiger partial charge in [-0.25, -0.2) is 0 Å². The first-order valence-corrected chi connectivity index (χ1v) is 7.48. The van der Waals surface area contributed by atoms with Gasteiger partial charge in [-0.2, -0.15) is 0 Å². The second-order valence-corrected chi connectivity index (χ2v) is 5.90. The van der Waals surface area contributed by atoms with Crippen LogP contribution in [0.15, 0.2) is 47.1 Å². The summed E-state index contributed by atoms with van der Waals surface area (Å²) < 4.78 is 1.12. The summed E-state index contributed by atoms with van der Waals surface area (Å²) in [4.78, 5) is 6.77. The molecule has 0 aliphatic rings. The van der Waals surface area contributed by atoms with Crippen molar-refractivity contribution >= 4 is 15.9 Å². The van der Waals surface area contributed by atoms with Crippen molar-refractivity contribution in [1.29, 1.82) is 0 Å². The number of hydrogen-bond acceptors (Lipinski definition) is 3. The van der Waals surface area contributed by atoms with Crippen LogP contribution in [-0.4, -0.2) is 24.0 Å². The summed E-state index contributed by atoms with van der Waals surface area (Å²) in [5.74, 6) is 0. The monoisotopic (exact) mass is 333 g/mol. The highest BCUT2D eigenvalue weighted by Gasteiger charge is 2.03. The second-order valence-electron chi connectivity index (χ2n) is 4.99. The smallest absolute Gasteiger partial charge is 0.0544 e. The Morgan fingerprint density at radius 3 is 2.35 bits per heavy atom. The maximum Gasteiger partial charge on any atom is 0.0544 e. The maximum atomic E-state index is 4.50. The molecule has 0 saturated heterocycles. The van der Waals surface area contributed by atoms with E-state index in [1.165, 1.54) is 11.1 Å². The van der Waals surface area contributed by atoms with Gasteiger partial charge >= 0.3 is 0 Å². The number of nitrogens with zero attached hydrogens (tertiary/aromatic N) is 2. The molecule has 1 N–H and O–H groups in total. The van der Waals surface area contributed by atoms with E-state index in [-0.39, 0.29) is 0 Å². The van der Waals surface area contributed by atoms with Crippen molar-refractivity contribution in [1.82, 2.24) is 15.2 Å². The molecule has 2 aromatic rings. The summed E-state index contributed by atoms with van der Waals surface area (Å²) in [5.41, 5.74) is 3.62. The van der Waals surface area contributed by atoms with Gasteiger partial charge in [0.2, 0.25) is 0 Å². The van der Waals surface area contributed by atoms with Gasteiger partial charge in [0.25, 0.3) is 0 Å². The van der Waals surface area contributed by atoms with Gasteiger partial charge in [0.1, 0.15) is 0 Å². The average molecular weight is 334 g/mol. The molecular weight excluding hydrogens is 314 g/mol. The van der Waals surface area contributed by atoms with Crippen LogP contribution in [0.3, 0.4) is 0 Å². The van der Waals surface area contributed by atoms with Gasteiger partial charge in [-0.15, -0.1) is 0 Å². The Morgan fingerprint density at radius 2 is 1.75 bits per heavy atom. The molecule has 0 amide bonds. The zero-order valence-corrected chi connectivity index (χ0v) is 13.5. The van der Waals surface area contributed by atoms with E-state index < -0.39 is 0 Å². The van der Waals surface area contributed by atoms with Crippen molar-refractivity contribution in [2.75, 3.05) is 14.1 Å². The van der Waals surface area contributed by atoms with E-state index in [9.17, 15) is 0 Å². The van der Waals surface area contributed by atoms with Gasteiger partial charge in [0.15, 0.2) is 0 Å². The number of aromatic nitrogens is 1. The largest absolute Gasteiger partial charge is 0.316 e. The SMILES string of the molecule is CNCc1ccc(CN(C)Cc2ccc(Br)cc2)nc1. The van der Waals surface area contributed by atoms with Crippen LogP contribution in [0, 0.1) is 0 Å². The molecule has 1 heterocycles.